The summed E-state index contributed by atoms with van der Waals surface area (Å²) >= 11 is 3.47. The van der Waals surface area contributed by atoms with E-state index in [2.05, 4.69) is 57.4 Å². The van der Waals surface area contributed by atoms with Crippen molar-refractivity contribution in [2.45, 2.75) is 32.9 Å². The fraction of sp³-hybridized carbons (Fsp3) is 0.263. The van der Waals surface area contributed by atoms with E-state index in [0.29, 0.717) is 18.2 Å². The molecule has 0 aliphatic heterocycles. The zero-order valence-electron chi connectivity index (χ0n) is 13.9. The van der Waals surface area contributed by atoms with Crippen LogP contribution >= 0.6 is 15.9 Å². The zero-order valence-corrected chi connectivity index (χ0v) is 15.5. The first-order valence-corrected chi connectivity index (χ1v) is 8.94. The molecule has 2 N–H and O–H groups in total. The van der Waals surface area contributed by atoms with Crippen molar-refractivity contribution in [3.05, 3.63) is 80.3 Å². The SMILES string of the molecule is CC[C@H]([NH2+]Cc1cc(=O)n2cc(C)ccc2n1)c1ccc(Br)cc1. The number of nitrogens with zero attached hydrogens (tertiary/aromatic N) is 2. The smallest absolute Gasteiger partial charge is 0.258 e. The number of hydrogen-bond donors (Lipinski definition) is 1. The van der Waals surface area contributed by atoms with Gasteiger partial charge >= 0.3 is 0 Å². The number of rotatable bonds is 5. The van der Waals surface area contributed by atoms with Gasteiger partial charge in [0.05, 0.1) is 0 Å². The van der Waals surface area contributed by atoms with Gasteiger partial charge < -0.3 is 5.32 Å². The molecule has 124 valence electrons. The lowest BCUT2D eigenvalue weighted by Gasteiger charge is -2.14. The van der Waals surface area contributed by atoms with E-state index in [1.165, 1.54) is 5.56 Å². The van der Waals surface area contributed by atoms with Gasteiger partial charge in [-0.05, 0) is 30.7 Å². The van der Waals surface area contributed by atoms with Crippen molar-refractivity contribution in [1.29, 1.82) is 0 Å². The van der Waals surface area contributed by atoms with Crippen molar-refractivity contribution < 1.29 is 5.32 Å². The minimum Gasteiger partial charge on any atom is -0.335 e. The standard InChI is InChI=1S/C19H20BrN3O/c1-3-17(14-5-7-15(20)8-6-14)21-11-16-10-19(24)23-12-13(2)4-9-18(23)22-16/h4-10,12,17,21H,3,11H2,1-2H3/p+1/t17-/m0/s1. The quantitative estimate of drug-likeness (QED) is 0.732. The highest BCUT2D eigenvalue weighted by Crippen LogP contribution is 2.16. The number of nitrogens with two attached hydrogens (primary N) is 1. The van der Waals surface area contributed by atoms with Gasteiger partial charge in [0.25, 0.3) is 5.56 Å². The number of fused-ring (bicyclic) bond motifs is 1. The van der Waals surface area contributed by atoms with Crippen LogP contribution in [-0.2, 0) is 6.54 Å². The Balaban J connectivity index is 1.80. The van der Waals surface area contributed by atoms with E-state index in [1.807, 2.05) is 25.3 Å². The van der Waals surface area contributed by atoms with Gasteiger partial charge in [-0.25, -0.2) is 4.98 Å². The summed E-state index contributed by atoms with van der Waals surface area (Å²) < 4.78 is 2.69. The first kappa shape index (κ1) is 16.9. The third kappa shape index (κ3) is 3.74. The molecule has 4 nitrogen and oxygen atoms in total. The molecule has 0 aliphatic carbocycles. The van der Waals surface area contributed by atoms with Gasteiger partial charge in [-0.1, -0.05) is 41.1 Å². The Kier molecular flexibility index (Phi) is 5.11. The van der Waals surface area contributed by atoms with Crippen LogP contribution in [0.4, 0.5) is 0 Å². The van der Waals surface area contributed by atoms with Gasteiger partial charge in [-0.2, -0.15) is 0 Å². The molecule has 3 aromatic rings. The number of halogens is 1. The summed E-state index contributed by atoms with van der Waals surface area (Å²) in [7, 11) is 0. The largest absolute Gasteiger partial charge is 0.335 e. The molecule has 0 unspecified atom stereocenters. The molecule has 3 rings (SSSR count). The number of hydrogen-bond acceptors (Lipinski definition) is 2. The van der Waals surface area contributed by atoms with E-state index in [-0.39, 0.29) is 5.56 Å². The summed E-state index contributed by atoms with van der Waals surface area (Å²) in [6.45, 7) is 4.83. The lowest BCUT2D eigenvalue weighted by Crippen LogP contribution is -2.83. The molecular formula is C19H21BrN3O+. The maximum absolute atomic E-state index is 12.3. The number of aryl methyl sites for hydroxylation is 1. The van der Waals surface area contributed by atoms with Gasteiger partial charge in [-0.3, -0.25) is 9.20 Å². The van der Waals surface area contributed by atoms with Crippen molar-refractivity contribution in [2.75, 3.05) is 0 Å². The van der Waals surface area contributed by atoms with Gasteiger partial charge in [0.2, 0.25) is 0 Å². The van der Waals surface area contributed by atoms with Crippen molar-refractivity contribution in [3.63, 3.8) is 0 Å². The highest BCUT2D eigenvalue weighted by Gasteiger charge is 2.13. The molecular weight excluding hydrogens is 366 g/mol. The summed E-state index contributed by atoms with van der Waals surface area (Å²) in [5, 5.41) is 2.25. The Labute approximate surface area is 149 Å². The molecule has 24 heavy (non-hydrogen) atoms. The monoisotopic (exact) mass is 386 g/mol. The summed E-state index contributed by atoms with van der Waals surface area (Å²) in [4.78, 5) is 16.9. The van der Waals surface area contributed by atoms with Gasteiger partial charge in [0.1, 0.15) is 23.9 Å². The second-order valence-electron chi connectivity index (χ2n) is 6.03. The maximum atomic E-state index is 12.3. The molecule has 1 aromatic carbocycles. The Bertz CT molecular complexity index is 903. The van der Waals surface area contributed by atoms with E-state index in [4.69, 9.17) is 0 Å². The third-order valence-electron chi connectivity index (χ3n) is 4.21. The molecule has 0 spiro atoms. The highest BCUT2D eigenvalue weighted by molar-refractivity contribution is 9.10. The van der Waals surface area contributed by atoms with Crippen LogP contribution in [0.1, 0.15) is 36.2 Å². The van der Waals surface area contributed by atoms with Crippen LogP contribution in [0.25, 0.3) is 5.65 Å². The third-order valence-corrected chi connectivity index (χ3v) is 4.74. The normalized spacial score (nSPS) is 12.5. The molecule has 0 fully saturated rings. The summed E-state index contributed by atoms with van der Waals surface area (Å²) in [6, 6.07) is 14.3. The minimum atomic E-state index is -0.0243. The van der Waals surface area contributed by atoms with Crippen LogP contribution in [0.5, 0.6) is 0 Å². The van der Waals surface area contributed by atoms with E-state index in [1.54, 1.807) is 10.5 Å². The maximum Gasteiger partial charge on any atom is 0.258 e. The Morgan fingerprint density at radius 2 is 1.96 bits per heavy atom. The van der Waals surface area contributed by atoms with Gasteiger partial charge in [0.15, 0.2) is 0 Å². The lowest BCUT2D eigenvalue weighted by atomic mass is 10.0. The molecule has 2 aromatic heterocycles. The van der Waals surface area contributed by atoms with Crippen LogP contribution in [-0.4, -0.2) is 9.38 Å². The van der Waals surface area contributed by atoms with Crippen LogP contribution in [0.15, 0.2) is 57.9 Å². The first-order valence-electron chi connectivity index (χ1n) is 8.14. The van der Waals surface area contributed by atoms with Crippen LogP contribution in [0.3, 0.4) is 0 Å². The molecule has 2 heterocycles. The van der Waals surface area contributed by atoms with E-state index in [0.717, 1.165) is 22.2 Å². The summed E-state index contributed by atoms with van der Waals surface area (Å²) in [6.07, 6.45) is 2.85. The molecule has 0 saturated heterocycles. The van der Waals surface area contributed by atoms with Crippen LogP contribution in [0.2, 0.25) is 0 Å². The van der Waals surface area contributed by atoms with Crippen molar-refractivity contribution in [3.8, 4) is 0 Å². The fourth-order valence-electron chi connectivity index (χ4n) is 2.87. The van der Waals surface area contributed by atoms with Crippen LogP contribution < -0.4 is 10.9 Å². The predicted molar refractivity (Wildman–Crippen MR) is 99.0 cm³/mol. The van der Waals surface area contributed by atoms with Crippen molar-refractivity contribution in [1.82, 2.24) is 9.38 Å². The Morgan fingerprint density at radius 3 is 2.67 bits per heavy atom. The predicted octanol–water partition coefficient (Wildman–Crippen LogP) is 2.98. The molecule has 0 amide bonds. The van der Waals surface area contributed by atoms with E-state index < -0.39 is 0 Å². The minimum absolute atomic E-state index is 0.0243. The van der Waals surface area contributed by atoms with Crippen molar-refractivity contribution in [2.24, 2.45) is 0 Å². The molecule has 0 saturated carbocycles. The Morgan fingerprint density at radius 1 is 1.21 bits per heavy atom. The average Bonchev–Trinajstić information content (AvgIpc) is 2.57. The number of benzene rings is 1. The van der Waals surface area contributed by atoms with E-state index in [9.17, 15) is 4.79 Å². The summed E-state index contributed by atoms with van der Waals surface area (Å²) in [5.74, 6) is 0. The zero-order chi connectivity index (χ0) is 17.1. The second-order valence-corrected chi connectivity index (χ2v) is 6.94. The summed E-state index contributed by atoms with van der Waals surface area (Å²) in [5.41, 5.74) is 3.83. The molecule has 5 heteroatoms. The second kappa shape index (κ2) is 7.28. The van der Waals surface area contributed by atoms with Crippen molar-refractivity contribution >= 4 is 21.6 Å². The first-order chi connectivity index (χ1) is 11.6. The number of aromatic nitrogens is 2. The highest BCUT2D eigenvalue weighted by atomic mass is 79.9. The average molecular weight is 387 g/mol. The molecule has 0 bridgehead atoms. The molecule has 0 aliphatic rings. The number of pyridine rings is 1. The molecule has 1 atom stereocenters. The molecule has 0 radical (unpaired) electrons. The lowest BCUT2D eigenvalue weighted by molar-refractivity contribution is -0.711. The Hall–Kier alpha value is -1.98. The van der Waals surface area contributed by atoms with Gasteiger partial charge in [0, 0.05) is 28.7 Å². The van der Waals surface area contributed by atoms with Gasteiger partial charge in [-0.15, -0.1) is 0 Å². The van der Waals surface area contributed by atoms with E-state index >= 15 is 0 Å². The topological polar surface area (TPSA) is 51.0 Å². The number of quaternary nitrogens is 1. The van der Waals surface area contributed by atoms with Crippen LogP contribution in [0, 0.1) is 6.92 Å². The fourth-order valence-corrected chi connectivity index (χ4v) is 3.14.